The SMILES string of the molecule is Cn1nc2n(Cc3ccccc3)c(=O)c3sccc3n2c1=O. The van der Waals surface area contributed by atoms with Crippen LogP contribution in [0.25, 0.3) is 16.0 Å². The Hall–Kier alpha value is -2.67. The number of thiophene rings is 1. The molecule has 0 aliphatic heterocycles. The average molecular weight is 312 g/mol. The van der Waals surface area contributed by atoms with E-state index in [2.05, 4.69) is 5.10 Å². The van der Waals surface area contributed by atoms with Crippen LogP contribution in [0.3, 0.4) is 0 Å². The molecule has 0 unspecified atom stereocenters. The monoisotopic (exact) mass is 312 g/mol. The smallest absolute Gasteiger partial charge is 0.271 e. The fourth-order valence-corrected chi connectivity index (χ4v) is 3.42. The molecule has 0 bridgehead atoms. The zero-order valence-corrected chi connectivity index (χ0v) is 12.6. The molecular weight excluding hydrogens is 300 g/mol. The van der Waals surface area contributed by atoms with Crippen LogP contribution in [0.2, 0.25) is 0 Å². The third-order valence-corrected chi connectivity index (χ3v) is 4.55. The molecule has 0 spiro atoms. The first-order valence-corrected chi connectivity index (χ1v) is 7.64. The highest BCUT2D eigenvalue weighted by atomic mass is 32.1. The van der Waals surface area contributed by atoms with E-state index in [1.54, 1.807) is 17.7 Å². The third-order valence-electron chi connectivity index (χ3n) is 3.66. The number of hydrogen-bond donors (Lipinski definition) is 0. The first-order chi connectivity index (χ1) is 10.7. The molecule has 0 fully saturated rings. The molecule has 0 saturated carbocycles. The summed E-state index contributed by atoms with van der Waals surface area (Å²) >= 11 is 1.34. The summed E-state index contributed by atoms with van der Waals surface area (Å²) in [5.74, 6) is 0.368. The van der Waals surface area contributed by atoms with E-state index in [4.69, 9.17) is 0 Å². The van der Waals surface area contributed by atoms with Crippen molar-refractivity contribution in [2.45, 2.75) is 6.54 Å². The van der Waals surface area contributed by atoms with E-state index in [9.17, 15) is 9.59 Å². The maximum absolute atomic E-state index is 12.7. The normalized spacial score (nSPS) is 11.5. The molecule has 110 valence electrons. The summed E-state index contributed by atoms with van der Waals surface area (Å²) in [5.41, 5.74) is 1.24. The van der Waals surface area contributed by atoms with Crippen molar-refractivity contribution in [3.05, 3.63) is 68.2 Å². The summed E-state index contributed by atoms with van der Waals surface area (Å²) in [6.45, 7) is 0.382. The molecule has 3 heterocycles. The molecule has 0 saturated heterocycles. The molecule has 6 nitrogen and oxygen atoms in total. The molecule has 0 radical (unpaired) electrons. The van der Waals surface area contributed by atoms with Gasteiger partial charge >= 0.3 is 5.69 Å². The van der Waals surface area contributed by atoms with Gasteiger partial charge in [-0.2, -0.15) is 0 Å². The summed E-state index contributed by atoms with van der Waals surface area (Å²) in [6, 6.07) is 11.4. The van der Waals surface area contributed by atoms with Gasteiger partial charge in [0.2, 0.25) is 5.78 Å². The summed E-state index contributed by atoms with van der Waals surface area (Å²) in [6.07, 6.45) is 0. The zero-order chi connectivity index (χ0) is 15.3. The van der Waals surface area contributed by atoms with Crippen molar-refractivity contribution in [2.24, 2.45) is 7.05 Å². The molecule has 0 aliphatic carbocycles. The van der Waals surface area contributed by atoms with E-state index in [0.29, 0.717) is 22.5 Å². The second kappa shape index (κ2) is 4.67. The summed E-state index contributed by atoms with van der Waals surface area (Å²) < 4.78 is 4.87. The molecule has 4 rings (SSSR count). The van der Waals surface area contributed by atoms with Crippen molar-refractivity contribution in [1.29, 1.82) is 0 Å². The molecule has 1 aromatic carbocycles. The van der Waals surface area contributed by atoms with E-state index in [1.165, 1.54) is 20.4 Å². The first-order valence-electron chi connectivity index (χ1n) is 6.76. The van der Waals surface area contributed by atoms with Gasteiger partial charge in [-0.3, -0.25) is 9.36 Å². The van der Waals surface area contributed by atoms with E-state index in [0.717, 1.165) is 5.56 Å². The Balaban J connectivity index is 2.11. The molecule has 0 aliphatic rings. The Kier molecular flexibility index (Phi) is 2.77. The standard InChI is InChI=1S/C15H12N4O2S/c1-17-15(21)19-11-7-8-22-12(11)13(20)18(14(19)16-17)9-10-5-3-2-4-6-10/h2-8H,9H2,1H3. The van der Waals surface area contributed by atoms with Crippen molar-refractivity contribution in [1.82, 2.24) is 18.7 Å². The molecule has 7 heteroatoms. The Bertz CT molecular complexity index is 1100. The van der Waals surface area contributed by atoms with Crippen LogP contribution in [-0.2, 0) is 13.6 Å². The first kappa shape index (κ1) is 13.0. The second-order valence-corrected chi connectivity index (χ2v) is 5.97. The predicted octanol–water partition coefficient (Wildman–Crippen LogP) is 1.46. The number of nitrogens with zero attached hydrogens (tertiary/aromatic N) is 4. The quantitative estimate of drug-likeness (QED) is 0.563. The van der Waals surface area contributed by atoms with Crippen molar-refractivity contribution in [3.63, 3.8) is 0 Å². The maximum atomic E-state index is 12.7. The van der Waals surface area contributed by atoms with Crippen LogP contribution < -0.4 is 11.2 Å². The highest BCUT2D eigenvalue weighted by Gasteiger charge is 2.17. The van der Waals surface area contributed by atoms with Crippen molar-refractivity contribution in [3.8, 4) is 0 Å². The molecule has 0 amide bonds. The number of benzene rings is 1. The van der Waals surface area contributed by atoms with E-state index >= 15 is 0 Å². The van der Waals surface area contributed by atoms with Crippen LogP contribution in [0.5, 0.6) is 0 Å². The molecule has 22 heavy (non-hydrogen) atoms. The molecule has 0 N–H and O–H groups in total. The third kappa shape index (κ3) is 1.75. The number of aromatic nitrogens is 4. The zero-order valence-electron chi connectivity index (χ0n) is 11.8. The highest BCUT2D eigenvalue weighted by Crippen LogP contribution is 2.17. The minimum absolute atomic E-state index is 0.119. The lowest BCUT2D eigenvalue weighted by atomic mass is 10.2. The highest BCUT2D eigenvalue weighted by molar-refractivity contribution is 7.17. The topological polar surface area (TPSA) is 61.3 Å². The number of fused-ring (bicyclic) bond motifs is 3. The minimum Gasteiger partial charge on any atom is -0.271 e. The van der Waals surface area contributed by atoms with E-state index in [-0.39, 0.29) is 11.2 Å². The minimum atomic E-state index is -0.250. The average Bonchev–Trinajstić information content (AvgIpc) is 3.11. The van der Waals surface area contributed by atoms with Gasteiger partial charge in [0.05, 0.1) is 12.1 Å². The van der Waals surface area contributed by atoms with Crippen LogP contribution in [0.15, 0.2) is 51.4 Å². The summed E-state index contributed by atoms with van der Waals surface area (Å²) in [5, 5.41) is 6.05. The summed E-state index contributed by atoms with van der Waals surface area (Å²) in [7, 11) is 1.59. The summed E-state index contributed by atoms with van der Waals surface area (Å²) in [4.78, 5) is 25.0. The van der Waals surface area contributed by atoms with Crippen LogP contribution >= 0.6 is 11.3 Å². The lowest BCUT2D eigenvalue weighted by Gasteiger charge is -2.07. The van der Waals surface area contributed by atoms with Crippen LogP contribution in [0.1, 0.15) is 5.56 Å². The van der Waals surface area contributed by atoms with Crippen molar-refractivity contribution in [2.75, 3.05) is 0 Å². The van der Waals surface area contributed by atoms with Crippen molar-refractivity contribution >= 4 is 27.3 Å². The van der Waals surface area contributed by atoms with E-state index < -0.39 is 0 Å². The van der Waals surface area contributed by atoms with E-state index in [1.807, 2.05) is 35.7 Å². The fourth-order valence-electron chi connectivity index (χ4n) is 2.60. The van der Waals surface area contributed by atoms with Crippen molar-refractivity contribution < 1.29 is 0 Å². The second-order valence-electron chi connectivity index (χ2n) is 5.05. The predicted molar refractivity (Wildman–Crippen MR) is 85.6 cm³/mol. The van der Waals surface area contributed by atoms with Gasteiger partial charge in [-0.1, -0.05) is 30.3 Å². The number of rotatable bonds is 2. The molecular formula is C15H12N4O2S. The number of hydrogen-bond acceptors (Lipinski definition) is 4. The fraction of sp³-hybridized carbons (Fsp3) is 0.133. The van der Waals surface area contributed by atoms with Crippen LogP contribution in [-0.4, -0.2) is 18.7 Å². The van der Waals surface area contributed by atoms with Gasteiger partial charge in [-0.05, 0) is 17.0 Å². The number of aryl methyl sites for hydroxylation is 1. The van der Waals surface area contributed by atoms with Gasteiger partial charge in [0.15, 0.2) is 0 Å². The largest absolute Gasteiger partial charge is 0.351 e. The van der Waals surface area contributed by atoms with Crippen LogP contribution in [0, 0.1) is 0 Å². The van der Waals surface area contributed by atoms with Gasteiger partial charge < -0.3 is 0 Å². The Morgan fingerprint density at radius 3 is 2.68 bits per heavy atom. The molecule has 4 aromatic rings. The Morgan fingerprint density at radius 2 is 1.91 bits per heavy atom. The van der Waals surface area contributed by atoms with Gasteiger partial charge in [-0.25, -0.2) is 13.9 Å². The van der Waals surface area contributed by atoms with Gasteiger partial charge in [0, 0.05) is 7.05 Å². The Labute approximate surface area is 128 Å². The lowest BCUT2D eigenvalue weighted by Crippen LogP contribution is -2.25. The molecule has 3 aromatic heterocycles. The van der Waals surface area contributed by atoms with Crippen LogP contribution in [0.4, 0.5) is 0 Å². The maximum Gasteiger partial charge on any atom is 0.351 e. The van der Waals surface area contributed by atoms with Gasteiger partial charge in [-0.15, -0.1) is 16.4 Å². The molecule has 0 atom stereocenters. The van der Waals surface area contributed by atoms with Gasteiger partial charge in [0.1, 0.15) is 4.70 Å². The van der Waals surface area contributed by atoms with Gasteiger partial charge in [0.25, 0.3) is 5.56 Å². The lowest BCUT2D eigenvalue weighted by molar-refractivity contribution is 0.720. The Morgan fingerprint density at radius 1 is 1.14 bits per heavy atom.